The number of hydrogen-bond acceptors (Lipinski definition) is 4. The highest BCUT2D eigenvalue weighted by Crippen LogP contribution is 2.20. The first-order valence-electron chi connectivity index (χ1n) is 8.47. The maximum atomic E-state index is 12.4. The lowest BCUT2D eigenvalue weighted by atomic mass is 10.0. The van der Waals surface area contributed by atoms with Crippen LogP contribution in [0, 0.1) is 0 Å². The van der Waals surface area contributed by atoms with Crippen molar-refractivity contribution in [3.8, 4) is 5.75 Å². The van der Waals surface area contributed by atoms with Crippen LogP contribution in [0.4, 0.5) is 4.79 Å². The van der Waals surface area contributed by atoms with E-state index in [0.29, 0.717) is 32.5 Å². The SMILES string of the molecule is CCOC(=O)NC1CCN(C(=O)CCc2ccccc2OC)CC1. The molecule has 6 heteroatoms. The molecule has 1 aliphatic rings. The number of rotatable bonds is 6. The van der Waals surface area contributed by atoms with Crippen LogP contribution in [-0.2, 0) is 16.0 Å². The first-order chi connectivity index (χ1) is 11.6. The molecular weight excluding hydrogens is 308 g/mol. The lowest BCUT2D eigenvalue weighted by Crippen LogP contribution is -2.46. The van der Waals surface area contributed by atoms with Gasteiger partial charge in [0.25, 0.3) is 0 Å². The number of amides is 2. The van der Waals surface area contributed by atoms with Gasteiger partial charge in [-0.05, 0) is 37.8 Å². The Morgan fingerprint density at radius 2 is 1.96 bits per heavy atom. The molecule has 0 bridgehead atoms. The van der Waals surface area contributed by atoms with E-state index < -0.39 is 0 Å². The topological polar surface area (TPSA) is 67.9 Å². The van der Waals surface area contributed by atoms with Gasteiger partial charge in [-0.25, -0.2) is 4.79 Å². The van der Waals surface area contributed by atoms with E-state index in [1.165, 1.54) is 0 Å². The van der Waals surface area contributed by atoms with E-state index in [0.717, 1.165) is 24.2 Å². The van der Waals surface area contributed by atoms with E-state index in [1.807, 2.05) is 29.2 Å². The second kappa shape index (κ2) is 9.15. The maximum Gasteiger partial charge on any atom is 0.407 e. The molecule has 1 N–H and O–H groups in total. The van der Waals surface area contributed by atoms with E-state index in [-0.39, 0.29) is 18.0 Å². The summed E-state index contributed by atoms with van der Waals surface area (Å²) in [6.45, 7) is 3.48. The average molecular weight is 334 g/mol. The van der Waals surface area contributed by atoms with Gasteiger partial charge in [-0.1, -0.05) is 18.2 Å². The van der Waals surface area contributed by atoms with Gasteiger partial charge in [-0.3, -0.25) is 4.79 Å². The van der Waals surface area contributed by atoms with Gasteiger partial charge < -0.3 is 19.7 Å². The molecule has 1 heterocycles. The highest BCUT2D eigenvalue weighted by Gasteiger charge is 2.24. The van der Waals surface area contributed by atoms with Crippen LogP contribution in [0.3, 0.4) is 0 Å². The van der Waals surface area contributed by atoms with Crippen LogP contribution in [0.15, 0.2) is 24.3 Å². The minimum absolute atomic E-state index is 0.0855. The van der Waals surface area contributed by atoms with Crippen molar-refractivity contribution in [2.45, 2.75) is 38.6 Å². The summed E-state index contributed by atoms with van der Waals surface area (Å²) < 4.78 is 10.2. The minimum Gasteiger partial charge on any atom is -0.496 e. The molecule has 6 nitrogen and oxygen atoms in total. The second-order valence-corrected chi connectivity index (χ2v) is 5.83. The molecule has 24 heavy (non-hydrogen) atoms. The Morgan fingerprint density at radius 3 is 2.62 bits per heavy atom. The number of para-hydroxylation sites is 1. The number of ether oxygens (including phenoxy) is 2. The predicted molar refractivity (Wildman–Crippen MR) is 91.1 cm³/mol. The molecule has 0 aromatic heterocycles. The number of carbonyl (C=O) groups excluding carboxylic acids is 2. The summed E-state index contributed by atoms with van der Waals surface area (Å²) in [4.78, 5) is 25.7. The normalized spacial score (nSPS) is 15.0. The first-order valence-corrected chi connectivity index (χ1v) is 8.47. The molecule has 1 aromatic carbocycles. The molecular formula is C18H26N2O4. The van der Waals surface area contributed by atoms with Gasteiger partial charge in [-0.2, -0.15) is 0 Å². The predicted octanol–water partition coefficient (Wildman–Crippen LogP) is 2.36. The summed E-state index contributed by atoms with van der Waals surface area (Å²) in [6.07, 6.45) is 2.29. The molecule has 1 aliphatic heterocycles. The highest BCUT2D eigenvalue weighted by atomic mass is 16.5. The number of nitrogens with one attached hydrogen (secondary N) is 1. The van der Waals surface area contributed by atoms with Gasteiger partial charge in [0.2, 0.25) is 5.91 Å². The summed E-state index contributed by atoms with van der Waals surface area (Å²) in [5, 5.41) is 2.84. The number of alkyl carbamates (subject to hydrolysis) is 1. The van der Waals surface area contributed by atoms with Crippen LogP contribution >= 0.6 is 0 Å². The summed E-state index contributed by atoms with van der Waals surface area (Å²) in [5.41, 5.74) is 1.05. The van der Waals surface area contributed by atoms with Gasteiger partial charge in [0.15, 0.2) is 0 Å². The maximum absolute atomic E-state index is 12.4. The van der Waals surface area contributed by atoms with Gasteiger partial charge in [0.1, 0.15) is 5.75 Å². The monoisotopic (exact) mass is 334 g/mol. The fourth-order valence-corrected chi connectivity index (χ4v) is 2.92. The number of likely N-dealkylation sites (tertiary alicyclic amines) is 1. The van der Waals surface area contributed by atoms with Gasteiger partial charge >= 0.3 is 6.09 Å². The number of aryl methyl sites for hydroxylation is 1. The van der Waals surface area contributed by atoms with Crippen LogP contribution in [0.5, 0.6) is 5.75 Å². The van der Waals surface area contributed by atoms with Crippen molar-refractivity contribution in [2.75, 3.05) is 26.8 Å². The Labute approximate surface area is 143 Å². The Kier molecular flexibility index (Phi) is 6.90. The number of nitrogens with zero attached hydrogens (tertiary/aromatic N) is 1. The van der Waals surface area contributed by atoms with Crippen molar-refractivity contribution in [3.05, 3.63) is 29.8 Å². The van der Waals surface area contributed by atoms with Crippen LogP contribution in [0.1, 0.15) is 31.7 Å². The largest absolute Gasteiger partial charge is 0.496 e. The van der Waals surface area contributed by atoms with E-state index in [1.54, 1.807) is 14.0 Å². The van der Waals surface area contributed by atoms with Crippen molar-refractivity contribution in [2.24, 2.45) is 0 Å². The third-order valence-electron chi connectivity index (χ3n) is 4.25. The van der Waals surface area contributed by atoms with Crippen molar-refractivity contribution in [1.82, 2.24) is 10.2 Å². The molecule has 1 fully saturated rings. The number of carbonyl (C=O) groups is 2. The quantitative estimate of drug-likeness (QED) is 0.867. The Bertz CT molecular complexity index is 554. The van der Waals surface area contributed by atoms with Crippen molar-refractivity contribution < 1.29 is 19.1 Å². The molecule has 1 saturated heterocycles. The summed E-state index contributed by atoms with van der Waals surface area (Å²) in [5.74, 6) is 0.970. The Morgan fingerprint density at radius 1 is 1.25 bits per heavy atom. The van der Waals surface area contributed by atoms with Gasteiger partial charge in [0.05, 0.1) is 13.7 Å². The molecule has 2 amide bonds. The zero-order valence-corrected chi connectivity index (χ0v) is 14.4. The number of piperidine rings is 1. The zero-order chi connectivity index (χ0) is 17.4. The standard InChI is InChI=1S/C18H26N2O4/c1-3-24-18(22)19-15-10-12-20(13-11-15)17(21)9-8-14-6-4-5-7-16(14)23-2/h4-7,15H,3,8-13H2,1-2H3,(H,19,22). The van der Waals surface area contributed by atoms with Crippen molar-refractivity contribution in [3.63, 3.8) is 0 Å². The van der Waals surface area contributed by atoms with Crippen LogP contribution in [0.2, 0.25) is 0 Å². The number of hydrogen-bond donors (Lipinski definition) is 1. The van der Waals surface area contributed by atoms with Crippen molar-refractivity contribution >= 4 is 12.0 Å². The smallest absolute Gasteiger partial charge is 0.407 e. The van der Waals surface area contributed by atoms with Crippen LogP contribution < -0.4 is 10.1 Å². The van der Waals surface area contributed by atoms with Crippen molar-refractivity contribution in [1.29, 1.82) is 0 Å². The summed E-state index contributed by atoms with van der Waals surface area (Å²) in [7, 11) is 1.64. The second-order valence-electron chi connectivity index (χ2n) is 5.83. The van der Waals surface area contributed by atoms with E-state index in [2.05, 4.69) is 5.32 Å². The molecule has 0 atom stereocenters. The van der Waals surface area contributed by atoms with Crippen LogP contribution in [-0.4, -0.2) is 49.7 Å². The number of methoxy groups -OCH3 is 1. The molecule has 2 rings (SSSR count). The molecule has 0 spiro atoms. The lowest BCUT2D eigenvalue weighted by molar-refractivity contribution is -0.132. The van der Waals surface area contributed by atoms with Gasteiger partial charge in [0, 0.05) is 25.6 Å². The van der Waals surface area contributed by atoms with Crippen LogP contribution in [0.25, 0.3) is 0 Å². The molecule has 0 saturated carbocycles. The number of benzene rings is 1. The molecule has 0 aliphatic carbocycles. The summed E-state index contributed by atoms with van der Waals surface area (Å²) in [6, 6.07) is 7.86. The zero-order valence-electron chi connectivity index (χ0n) is 14.4. The van der Waals surface area contributed by atoms with Gasteiger partial charge in [-0.15, -0.1) is 0 Å². The molecule has 1 aromatic rings. The Balaban J connectivity index is 1.75. The van der Waals surface area contributed by atoms with E-state index in [9.17, 15) is 9.59 Å². The fraction of sp³-hybridized carbons (Fsp3) is 0.556. The summed E-state index contributed by atoms with van der Waals surface area (Å²) >= 11 is 0. The lowest BCUT2D eigenvalue weighted by Gasteiger charge is -2.32. The third-order valence-corrected chi connectivity index (χ3v) is 4.25. The first kappa shape index (κ1) is 18.1. The Hall–Kier alpha value is -2.24. The van der Waals surface area contributed by atoms with E-state index in [4.69, 9.17) is 9.47 Å². The highest BCUT2D eigenvalue weighted by molar-refractivity contribution is 5.76. The molecule has 0 radical (unpaired) electrons. The molecule has 132 valence electrons. The average Bonchev–Trinajstić information content (AvgIpc) is 2.60. The molecule has 0 unspecified atom stereocenters. The fourth-order valence-electron chi connectivity index (χ4n) is 2.92. The minimum atomic E-state index is -0.376. The van der Waals surface area contributed by atoms with E-state index >= 15 is 0 Å². The third kappa shape index (κ3) is 5.15.